The van der Waals surface area contributed by atoms with Gasteiger partial charge in [0.1, 0.15) is 6.10 Å². The lowest BCUT2D eigenvalue weighted by molar-refractivity contribution is -0.149. The minimum atomic E-state index is -0.803. The molecular formula is C12H19NO4. The van der Waals surface area contributed by atoms with Crippen molar-refractivity contribution in [1.82, 2.24) is 4.90 Å². The van der Waals surface area contributed by atoms with Crippen LogP contribution in [0.3, 0.4) is 0 Å². The van der Waals surface area contributed by atoms with Crippen LogP contribution < -0.4 is 0 Å². The van der Waals surface area contributed by atoms with E-state index < -0.39 is 11.9 Å². The third-order valence-corrected chi connectivity index (χ3v) is 3.59. The fourth-order valence-electron chi connectivity index (χ4n) is 2.57. The lowest BCUT2D eigenvalue weighted by atomic mass is 9.97. The monoisotopic (exact) mass is 241 g/mol. The Hall–Kier alpha value is -1.10. The van der Waals surface area contributed by atoms with Crippen molar-refractivity contribution < 1.29 is 19.4 Å². The van der Waals surface area contributed by atoms with Crippen LogP contribution in [0.15, 0.2) is 0 Å². The first kappa shape index (κ1) is 12.4. The minimum Gasteiger partial charge on any atom is -0.481 e. The summed E-state index contributed by atoms with van der Waals surface area (Å²) < 4.78 is 5.53. The molecule has 5 nitrogen and oxygen atoms in total. The summed E-state index contributed by atoms with van der Waals surface area (Å²) in [5, 5.41) is 8.98. The molecule has 0 bridgehead atoms. The Morgan fingerprint density at radius 3 is 2.65 bits per heavy atom. The highest BCUT2D eigenvalue weighted by atomic mass is 16.5. The molecule has 2 saturated heterocycles. The largest absolute Gasteiger partial charge is 0.481 e. The average Bonchev–Trinajstić information content (AvgIpc) is 2.75. The van der Waals surface area contributed by atoms with Gasteiger partial charge in [0.05, 0.1) is 12.0 Å². The molecule has 1 N–H and O–H groups in total. The Kier molecular flexibility index (Phi) is 3.66. The zero-order valence-corrected chi connectivity index (χ0v) is 10.1. The van der Waals surface area contributed by atoms with Crippen LogP contribution in [0.4, 0.5) is 0 Å². The number of likely N-dealkylation sites (tertiary alicyclic amines) is 1. The van der Waals surface area contributed by atoms with Crippen LogP contribution >= 0.6 is 0 Å². The molecule has 2 aliphatic heterocycles. The number of carboxylic acids is 1. The molecule has 17 heavy (non-hydrogen) atoms. The number of hydrogen-bond acceptors (Lipinski definition) is 3. The standard InChI is InChI=1S/C12H19NO4/c1-8-4-5-10(17-8)11(14)13-6-2-3-9(7-13)12(15)16/h8-10H,2-7H2,1H3,(H,15,16)/t8-,9-,10+/m1/s1. The van der Waals surface area contributed by atoms with Crippen LogP contribution in [0, 0.1) is 5.92 Å². The van der Waals surface area contributed by atoms with Crippen molar-refractivity contribution in [2.24, 2.45) is 5.92 Å². The third kappa shape index (κ3) is 2.77. The predicted octanol–water partition coefficient (Wildman–Crippen LogP) is 0.877. The molecule has 0 aromatic heterocycles. The van der Waals surface area contributed by atoms with Gasteiger partial charge in [-0.3, -0.25) is 9.59 Å². The first-order valence-corrected chi connectivity index (χ1v) is 6.25. The Morgan fingerprint density at radius 2 is 2.06 bits per heavy atom. The maximum absolute atomic E-state index is 12.1. The van der Waals surface area contributed by atoms with Gasteiger partial charge in [-0.25, -0.2) is 0 Å². The van der Waals surface area contributed by atoms with Crippen LogP contribution in [-0.4, -0.2) is 47.2 Å². The van der Waals surface area contributed by atoms with Crippen molar-refractivity contribution in [1.29, 1.82) is 0 Å². The van der Waals surface area contributed by atoms with Gasteiger partial charge in [-0.05, 0) is 32.6 Å². The molecule has 2 rings (SSSR count). The molecule has 2 heterocycles. The van der Waals surface area contributed by atoms with Crippen molar-refractivity contribution in [3.05, 3.63) is 0 Å². The van der Waals surface area contributed by atoms with E-state index in [4.69, 9.17) is 9.84 Å². The van der Waals surface area contributed by atoms with E-state index in [1.807, 2.05) is 6.92 Å². The molecule has 2 fully saturated rings. The molecule has 0 aliphatic carbocycles. The number of piperidine rings is 1. The summed E-state index contributed by atoms with van der Waals surface area (Å²) in [5.74, 6) is -1.24. The lowest BCUT2D eigenvalue weighted by Gasteiger charge is -2.32. The van der Waals surface area contributed by atoms with E-state index in [1.54, 1.807) is 4.90 Å². The Bertz CT molecular complexity index is 318. The molecule has 96 valence electrons. The van der Waals surface area contributed by atoms with Gasteiger partial charge in [-0.2, -0.15) is 0 Å². The molecular weight excluding hydrogens is 222 g/mol. The number of aliphatic carboxylic acids is 1. The number of nitrogens with zero attached hydrogens (tertiary/aromatic N) is 1. The number of ether oxygens (including phenoxy) is 1. The summed E-state index contributed by atoms with van der Waals surface area (Å²) in [7, 11) is 0. The summed E-state index contributed by atoms with van der Waals surface area (Å²) >= 11 is 0. The van der Waals surface area contributed by atoms with Gasteiger partial charge >= 0.3 is 5.97 Å². The molecule has 0 spiro atoms. The SMILES string of the molecule is C[C@@H]1CC[C@@H](C(=O)N2CCC[C@@H](C(=O)O)C2)O1. The van der Waals surface area contributed by atoms with Gasteiger partial charge in [0, 0.05) is 13.1 Å². The zero-order valence-electron chi connectivity index (χ0n) is 10.1. The number of amides is 1. The van der Waals surface area contributed by atoms with Crippen molar-refractivity contribution in [2.45, 2.75) is 44.8 Å². The van der Waals surface area contributed by atoms with Gasteiger partial charge < -0.3 is 14.7 Å². The van der Waals surface area contributed by atoms with E-state index >= 15 is 0 Å². The molecule has 0 saturated carbocycles. The van der Waals surface area contributed by atoms with Gasteiger partial charge in [-0.15, -0.1) is 0 Å². The second-order valence-electron chi connectivity index (χ2n) is 4.97. The minimum absolute atomic E-state index is 0.0275. The molecule has 3 atom stereocenters. The van der Waals surface area contributed by atoms with E-state index in [0.29, 0.717) is 19.5 Å². The van der Waals surface area contributed by atoms with E-state index in [-0.39, 0.29) is 18.1 Å². The summed E-state index contributed by atoms with van der Waals surface area (Å²) in [5.41, 5.74) is 0. The normalized spacial score (nSPS) is 33.7. The summed E-state index contributed by atoms with van der Waals surface area (Å²) in [6.07, 6.45) is 2.90. The molecule has 0 radical (unpaired) electrons. The van der Waals surface area contributed by atoms with E-state index in [9.17, 15) is 9.59 Å². The maximum atomic E-state index is 12.1. The van der Waals surface area contributed by atoms with Crippen LogP contribution in [-0.2, 0) is 14.3 Å². The van der Waals surface area contributed by atoms with Crippen molar-refractivity contribution in [3.63, 3.8) is 0 Å². The van der Waals surface area contributed by atoms with E-state index in [1.165, 1.54) is 0 Å². The number of carboxylic acid groups (broad SMARTS) is 1. The molecule has 1 amide bonds. The Morgan fingerprint density at radius 1 is 1.29 bits per heavy atom. The number of carbonyl (C=O) groups excluding carboxylic acids is 1. The van der Waals surface area contributed by atoms with Gasteiger partial charge in [0.2, 0.25) is 0 Å². The van der Waals surface area contributed by atoms with Crippen LogP contribution in [0.1, 0.15) is 32.6 Å². The van der Waals surface area contributed by atoms with Gasteiger partial charge in [-0.1, -0.05) is 0 Å². The number of hydrogen-bond donors (Lipinski definition) is 1. The number of rotatable bonds is 2. The first-order valence-electron chi connectivity index (χ1n) is 6.25. The van der Waals surface area contributed by atoms with Crippen LogP contribution in [0.2, 0.25) is 0 Å². The quantitative estimate of drug-likeness (QED) is 0.779. The smallest absolute Gasteiger partial charge is 0.308 e. The highest BCUT2D eigenvalue weighted by Gasteiger charge is 2.35. The van der Waals surface area contributed by atoms with Crippen molar-refractivity contribution >= 4 is 11.9 Å². The van der Waals surface area contributed by atoms with Crippen LogP contribution in [0.5, 0.6) is 0 Å². The molecule has 2 aliphatic rings. The zero-order chi connectivity index (χ0) is 12.4. The second-order valence-corrected chi connectivity index (χ2v) is 4.97. The molecule has 0 aromatic carbocycles. The molecule has 0 aromatic rings. The summed E-state index contributed by atoms with van der Waals surface area (Å²) in [6.45, 7) is 2.96. The average molecular weight is 241 g/mol. The predicted molar refractivity (Wildman–Crippen MR) is 60.5 cm³/mol. The van der Waals surface area contributed by atoms with E-state index in [2.05, 4.69) is 0 Å². The van der Waals surface area contributed by atoms with Crippen molar-refractivity contribution in [3.8, 4) is 0 Å². The Balaban J connectivity index is 1.93. The van der Waals surface area contributed by atoms with Crippen LogP contribution in [0.25, 0.3) is 0 Å². The van der Waals surface area contributed by atoms with E-state index in [0.717, 1.165) is 19.3 Å². The Labute approximate surface area is 101 Å². The van der Waals surface area contributed by atoms with Crippen molar-refractivity contribution in [2.75, 3.05) is 13.1 Å². The highest BCUT2D eigenvalue weighted by Crippen LogP contribution is 2.24. The molecule has 5 heteroatoms. The topological polar surface area (TPSA) is 66.8 Å². The first-order chi connectivity index (χ1) is 8.08. The maximum Gasteiger partial charge on any atom is 0.308 e. The number of carbonyl (C=O) groups is 2. The third-order valence-electron chi connectivity index (χ3n) is 3.59. The fourth-order valence-corrected chi connectivity index (χ4v) is 2.57. The van der Waals surface area contributed by atoms with Gasteiger partial charge in [0.15, 0.2) is 0 Å². The van der Waals surface area contributed by atoms with Gasteiger partial charge in [0.25, 0.3) is 5.91 Å². The molecule has 0 unspecified atom stereocenters. The summed E-state index contributed by atoms with van der Waals surface area (Å²) in [6, 6.07) is 0. The fraction of sp³-hybridized carbons (Fsp3) is 0.833. The lowest BCUT2D eigenvalue weighted by Crippen LogP contribution is -2.46. The highest BCUT2D eigenvalue weighted by molar-refractivity contribution is 5.82. The summed E-state index contributed by atoms with van der Waals surface area (Å²) in [4.78, 5) is 24.7. The second kappa shape index (κ2) is 5.04.